The first-order valence-corrected chi connectivity index (χ1v) is 8.96. The van der Waals surface area contributed by atoms with E-state index in [2.05, 4.69) is 0 Å². The zero-order chi connectivity index (χ0) is 17.3. The number of amides is 1. The molecule has 0 bridgehead atoms. The van der Waals surface area contributed by atoms with Crippen LogP contribution in [-0.4, -0.2) is 44.2 Å². The summed E-state index contributed by atoms with van der Waals surface area (Å²) in [4.78, 5) is 13.7. The first kappa shape index (κ1) is 17.7. The maximum Gasteiger partial charge on any atom is 0.410 e. The molecule has 1 aromatic rings. The van der Waals surface area contributed by atoms with Gasteiger partial charge in [-0.05, 0) is 45.7 Å². The van der Waals surface area contributed by atoms with Crippen LogP contribution in [0.4, 0.5) is 4.79 Å². The van der Waals surface area contributed by atoms with E-state index >= 15 is 0 Å². The predicted molar refractivity (Wildman–Crippen MR) is 85.7 cm³/mol. The van der Waals surface area contributed by atoms with Gasteiger partial charge >= 0.3 is 6.09 Å². The van der Waals surface area contributed by atoms with Gasteiger partial charge in [0.1, 0.15) is 5.60 Å². The van der Waals surface area contributed by atoms with Gasteiger partial charge in [-0.15, -0.1) is 0 Å². The fourth-order valence-corrected chi connectivity index (χ4v) is 3.41. The molecule has 1 amide bonds. The fourth-order valence-electron chi connectivity index (χ4n) is 2.24. The number of benzene rings is 1. The molecule has 0 spiro atoms. The smallest absolute Gasteiger partial charge is 0.410 e. The molecule has 1 aliphatic rings. The molecule has 0 radical (unpaired) electrons. The quantitative estimate of drug-likeness (QED) is 0.787. The van der Waals surface area contributed by atoms with Crippen molar-refractivity contribution in [1.29, 1.82) is 0 Å². The minimum atomic E-state index is -3.83. The second-order valence-corrected chi connectivity index (χ2v) is 8.20. The van der Waals surface area contributed by atoms with E-state index in [4.69, 9.17) is 8.92 Å². The summed E-state index contributed by atoms with van der Waals surface area (Å²) in [7, 11) is -3.83. The number of carbonyl (C=O) groups excluding carboxylic acids is 1. The molecule has 2 rings (SSSR count). The number of nitrogens with zero attached hydrogens (tertiary/aromatic N) is 1. The zero-order valence-electron chi connectivity index (χ0n) is 13.9. The van der Waals surface area contributed by atoms with Crippen molar-refractivity contribution in [3.63, 3.8) is 0 Å². The van der Waals surface area contributed by atoms with Crippen LogP contribution in [0.25, 0.3) is 0 Å². The summed E-state index contributed by atoms with van der Waals surface area (Å²) in [6.07, 6.45) is 0.258. The van der Waals surface area contributed by atoms with E-state index in [1.807, 2.05) is 0 Å². The first-order valence-electron chi connectivity index (χ1n) is 7.55. The Morgan fingerprint density at radius 2 is 1.96 bits per heavy atom. The lowest BCUT2D eigenvalue weighted by Gasteiger charge is -2.40. The van der Waals surface area contributed by atoms with Gasteiger partial charge in [0.25, 0.3) is 10.1 Å². The molecule has 0 aromatic heterocycles. The molecule has 7 heteroatoms. The average Bonchev–Trinajstić information content (AvgIpc) is 2.35. The molecule has 1 atom stereocenters. The van der Waals surface area contributed by atoms with Crippen molar-refractivity contribution in [1.82, 2.24) is 4.90 Å². The topological polar surface area (TPSA) is 72.9 Å². The summed E-state index contributed by atoms with van der Waals surface area (Å²) in [5.74, 6) is 0. The van der Waals surface area contributed by atoms with Gasteiger partial charge in [-0.3, -0.25) is 4.18 Å². The Kier molecular flexibility index (Phi) is 5.01. The van der Waals surface area contributed by atoms with Gasteiger partial charge in [-0.2, -0.15) is 8.42 Å². The minimum absolute atomic E-state index is 0.0596. The summed E-state index contributed by atoms with van der Waals surface area (Å²) in [5.41, 5.74) is 0.0517. The third-order valence-corrected chi connectivity index (χ3v) is 4.99. The van der Waals surface area contributed by atoms with Crippen LogP contribution in [0.15, 0.2) is 29.2 Å². The van der Waals surface area contributed by atoms with Gasteiger partial charge < -0.3 is 9.64 Å². The van der Waals surface area contributed by atoms with Crippen molar-refractivity contribution >= 4 is 16.2 Å². The summed E-state index contributed by atoms with van der Waals surface area (Å²) < 4.78 is 34.9. The second-order valence-electron chi connectivity index (χ2n) is 6.62. The lowest BCUT2D eigenvalue weighted by molar-refractivity contribution is -0.0137. The van der Waals surface area contributed by atoms with Gasteiger partial charge in [0.05, 0.1) is 17.5 Å². The van der Waals surface area contributed by atoms with Crippen molar-refractivity contribution in [2.24, 2.45) is 0 Å². The molecule has 6 nitrogen and oxygen atoms in total. The van der Waals surface area contributed by atoms with Crippen LogP contribution in [0.2, 0.25) is 0 Å². The van der Waals surface area contributed by atoms with Gasteiger partial charge in [-0.1, -0.05) is 18.2 Å². The van der Waals surface area contributed by atoms with Crippen molar-refractivity contribution in [3.8, 4) is 0 Å². The largest absolute Gasteiger partial charge is 0.444 e. The van der Waals surface area contributed by atoms with Gasteiger partial charge in [0, 0.05) is 6.54 Å². The van der Waals surface area contributed by atoms with E-state index in [1.165, 1.54) is 11.0 Å². The van der Waals surface area contributed by atoms with E-state index < -0.39 is 21.8 Å². The Labute approximate surface area is 137 Å². The first-order chi connectivity index (χ1) is 10.6. The third kappa shape index (κ3) is 4.45. The molecule has 1 saturated heterocycles. The van der Waals surface area contributed by atoms with Crippen molar-refractivity contribution in [2.75, 3.05) is 13.2 Å². The van der Waals surface area contributed by atoms with Crippen LogP contribution < -0.4 is 0 Å². The lowest BCUT2D eigenvalue weighted by atomic mass is 10.1. The van der Waals surface area contributed by atoms with Crippen LogP contribution in [0, 0.1) is 6.92 Å². The number of rotatable bonds is 4. The van der Waals surface area contributed by atoms with Crippen molar-refractivity contribution in [2.45, 2.75) is 50.7 Å². The highest BCUT2D eigenvalue weighted by Gasteiger charge is 2.36. The monoisotopic (exact) mass is 341 g/mol. The number of hydrogen-bond acceptors (Lipinski definition) is 5. The Morgan fingerprint density at radius 1 is 1.30 bits per heavy atom. The van der Waals surface area contributed by atoms with Crippen LogP contribution in [0.3, 0.4) is 0 Å². The SMILES string of the molecule is Cc1ccccc1S(=O)(=O)OC[C@@H]1CCN1C(=O)OC(C)(C)C. The number of likely N-dealkylation sites (tertiary alicyclic amines) is 1. The summed E-state index contributed by atoms with van der Waals surface area (Å²) in [6.45, 7) is 7.58. The van der Waals surface area contributed by atoms with Crippen LogP contribution in [0.5, 0.6) is 0 Å². The maximum atomic E-state index is 12.2. The standard InChI is InChI=1S/C16H23NO5S/c1-12-7-5-6-8-14(12)23(19,20)21-11-13-9-10-17(13)15(18)22-16(2,3)4/h5-8,13H,9-11H2,1-4H3/t13-/m0/s1. The molecule has 0 saturated carbocycles. The molecular formula is C16H23NO5S. The molecule has 0 aliphatic carbocycles. The predicted octanol–water partition coefficient (Wildman–Crippen LogP) is 2.71. The van der Waals surface area contributed by atoms with Crippen LogP contribution >= 0.6 is 0 Å². The van der Waals surface area contributed by atoms with E-state index in [0.29, 0.717) is 18.5 Å². The van der Waals surface area contributed by atoms with E-state index in [9.17, 15) is 13.2 Å². The number of aryl methyl sites for hydroxylation is 1. The molecule has 0 unspecified atom stereocenters. The maximum absolute atomic E-state index is 12.2. The zero-order valence-corrected chi connectivity index (χ0v) is 14.7. The molecule has 1 fully saturated rings. The molecular weight excluding hydrogens is 318 g/mol. The Balaban J connectivity index is 1.96. The number of hydrogen-bond donors (Lipinski definition) is 0. The summed E-state index contributed by atoms with van der Waals surface area (Å²) in [5, 5.41) is 0. The third-order valence-electron chi connectivity index (χ3n) is 3.55. The Morgan fingerprint density at radius 3 is 2.48 bits per heavy atom. The molecule has 0 N–H and O–H groups in total. The Hall–Kier alpha value is -1.60. The molecule has 1 heterocycles. The highest BCUT2D eigenvalue weighted by Crippen LogP contribution is 2.24. The minimum Gasteiger partial charge on any atom is -0.444 e. The van der Waals surface area contributed by atoms with Crippen LogP contribution in [0.1, 0.15) is 32.8 Å². The molecule has 1 aromatic carbocycles. The summed E-state index contributed by atoms with van der Waals surface area (Å²) >= 11 is 0. The normalized spacial score (nSPS) is 18.4. The molecule has 23 heavy (non-hydrogen) atoms. The van der Waals surface area contributed by atoms with Gasteiger partial charge in [0.15, 0.2) is 0 Å². The highest BCUT2D eigenvalue weighted by molar-refractivity contribution is 7.86. The van der Waals surface area contributed by atoms with Crippen molar-refractivity contribution in [3.05, 3.63) is 29.8 Å². The van der Waals surface area contributed by atoms with E-state index in [1.54, 1.807) is 45.9 Å². The van der Waals surface area contributed by atoms with Gasteiger partial charge in [0.2, 0.25) is 0 Å². The van der Waals surface area contributed by atoms with E-state index in [0.717, 1.165) is 0 Å². The molecule has 128 valence electrons. The number of ether oxygens (including phenoxy) is 1. The average molecular weight is 341 g/mol. The second kappa shape index (κ2) is 6.49. The van der Waals surface area contributed by atoms with E-state index in [-0.39, 0.29) is 17.5 Å². The van der Waals surface area contributed by atoms with Gasteiger partial charge in [-0.25, -0.2) is 4.79 Å². The molecule has 1 aliphatic heterocycles. The van der Waals surface area contributed by atoms with Crippen LogP contribution in [-0.2, 0) is 19.0 Å². The lowest BCUT2D eigenvalue weighted by Crippen LogP contribution is -2.54. The Bertz CT molecular complexity index is 678. The summed E-state index contributed by atoms with van der Waals surface area (Å²) in [6, 6.07) is 6.37. The fraction of sp³-hybridized carbons (Fsp3) is 0.562. The van der Waals surface area contributed by atoms with Crippen molar-refractivity contribution < 1.29 is 22.1 Å². The highest BCUT2D eigenvalue weighted by atomic mass is 32.2. The number of carbonyl (C=O) groups is 1.